The molecule has 2 amide bonds. The van der Waals surface area contributed by atoms with Crippen LogP contribution in [0.2, 0.25) is 0 Å². The van der Waals surface area contributed by atoms with Gasteiger partial charge in [-0.05, 0) is 49.4 Å². The first kappa shape index (κ1) is 14.6. The van der Waals surface area contributed by atoms with E-state index >= 15 is 0 Å². The Kier molecular flexibility index (Phi) is 4.27. The average molecular weight is 288 g/mol. The summed E-state index contributed by atoms with van der Waals surface area (Å²) in [6.45, 7) is 5.33. The van der Waals surface area contributed by atoms with Crippen molar-refractivity contribution in [2.45, 2.75) is 26.8 Å². The zero-order valence-corrected chi connectivity index (χ0v) is 12.0. The van der Waals surface area contributed by atoms with Gasteiger partial charge in [-0.3, -0.25) is 9.59 Å². The van der Waals surface area contributed by atoms with E-state index in [1.54, 1.807) is 45.0 Å². The number of rotatable bonds is 3. The summed E-state index contributed by atoms with van der Waals surface area (Å²) in [5.74, 6) is -0.765. The third-order valence-electron chi connectivity index (χ3n) is 2.60. The maximum atomic E-state index is 11.7. The topological polar surface area (TPSA) is 102 Å². The zero-order chi connectivity index (χ0) is 15.4. The van der Waals surface area contributed by atoms with Crippen molar-refractivity contribution in [3.05, 3.63) is 30.1 Å². The monoisotopic (exact) mass is 288 g/mol. The summed E-state index contributed by atoms with van der Waals surface area (Å²) in [6.07, 6.45) is 0. The first-order valence-corrected chi connectivity index (χ1v) is 6.44. The number of amides is 2. The molecule has 0 saturated heterocycles. The van der Waals surface area contributed by atoms with Gasteiger partial charge in [-0.25, -0.2) is 0 Å². The van der Waals surface area contributed by atoms with Gasteiger partial charge in [0.2, 0.25) is 0 Å². The number of carbonyl (C=O) groups excluding carboxylic acids is 2. The Balaban J connectivity index is 2.14. The van der Waals surface area contributed by atoms with Gasteiger partial charge < -0.3 is 10.6 Å². The number of aromatic nitrogens is 4. The molecule has 0 saturated carbocycles. The average Bonchev–Trinajstić information content (AvgIpc) is 2.84. The van der Waals surface area contributed by atoms with Crippen molar-refractivity contribution >= 4 is 17.5 Å². The van der Waals surface area contributed by atoms with Crippen molar-refractivity contribution in [2.75, 3.05) is 5.32 Å². The molecule has 0 atom stereocenters. The molecule has 0 radical (unpaired) electrons. The van der Waals surface area contributed by atoms with E-state index in [0.29, 0.717) is 17.2 Å². The van der Waals surface area contributed by atoms with Crippen LogP contribution in [0.1, 0.15) is 19.7 Å². The number of benzene rings is 1. The Bertz CT molecular complexity index is 664. The van der Waals surface area contributed by atoms with Crippen LogP contribution in [-0.2, 0) is 9.59 Å². The normalized spacial score (nSPS) is 10.5. The van der Waals surface area contributed by atoms with Crippen molar-refractivity contribution in [1.29, 1.82) is 0 Å². The summed E-state index contributed by atoms with van der Waals surface area (Å²) in [5, 5.41) is 16.3. The first-order valence-electron chi connectivity index (χ1n) is 6.44. The fourth-order valence-electron chi connectivity index (χ4n) is 1.70. The molecular weight excluding hydrogens is 272 g/mol. The molecule has 2 N–H and O–H groups in total. The number of nitrogens with zero attached hydrogens (tertiary/aromatic N) is 4. The minimum atomic E-state index is -0.714. The highest BCUT2D eigenvalue weighted by atomic mass is 16.2. The summed E-state index contributed by atoms with van der Waals surface area (Å²) in [6, 6.07) is 6.81. The molecule has 1 aromatic heterocycles. The summed E-state index contributed by atoms with van der Waals surface area (Å²) in [4.78, 5) is 23.3. The predicted octanol–water partition coefficient (Wildman–Crippen LogP) is 0.434. The van der Waals surface area contributed by atoms with E-state index in [-0.39, 0.29) is 6.04 Å². The lowest BCUT2D eigenvalue weighted by Gasteiger charge is -2.09. The van der Waals surface area contributed by atoms with E-state index < -0.39 is 11.8 Å². The Morgan fingerprint density at radius 3 is 2.62 bits per heavy atom. The van der Waals surface area contributed by atoms with Crippen molar-refractivity contribution in [3.8, 4) is 5.69 Å². The minimum Gasteiger partial charge on any atom is -0.346 e. The zero-order valence-electron chi connectivity index (χ0n) is 12.0. The number of hydrogen-bond donors (Lipinski definition) is 2. The van der Waals surface area contributed by atoms with Gasteiger partial charge >= 0.3 is 11.8 Å². The predicted molar refractivity (Wildman–Crippen MR) is 75.8 cm³/mol. The second-order valence-corrected chi connectivity index (χ2v) is 4.77. The van der Waals surface area contributed by atoms with E-state index in [0.717, 1.165) is 0 Å². The van der Waals surface area contributed by atoms with Crippen LogP contribution in [0, 0.1) is 6.92 Å². The van der Waals surface area contributed by atoms with E-state index in [1.165, 1.54) is 4.68 Å². The molecule has 8 heteroatoms. The molecule has 0 aliphatic heterocycles. The summed E-state index contributed by atoms with van der Waals surface area (Å²) < 4.78 is 1.53. The molecule has 8 nitrogen and oxygen atoms in total. The Morgan fingerprint density at radius 2 is 2.00 bits per heavy atom. The number of carbonyl (C=O) groups is 2. The first-order chi connectivity index (χ1) is 9.97. The lowest BCUT2D eigenvalue weighted by Crippen LogP contribution is -2.39. The smallest absolute Gasteiger partial charge is 0.313 e. The van der Waals surface area contributed by atoms with E-state index in [2.05, 4.69) is 26.2 Å². The van der Waals surface area contributed by atoms with Crippen LogP contribution in [0.15, 0.2) is 24.3 Å². The van der Waals surface area contributed by atoms with Crippen LogP contribution < -0.4 is 10.6 Å². The number of anilines is 1. The number of tetrazole rings is 1. The standard InChI is InChI=1S/C13H16N6O2/c1-8(2)14-12(20)13(21)15-10-5-4-6-11(7-10)19-9(3)16-17-18-19/h4-8H,1-3H3,(H,14,20)(H,15,21). The maximum absolute atomic E-state index is 11.7. The molecule has 0 aliphatic carbocycles. The molecule has 0 bridgehead atoms. The van der Waals surface area contributed by atoms with Gasteiger partial charge in [-0.1, -0.05) is 6.07 Å². The Labute approximate surface area is 121 Å². The van der Waals surface area contributed by atoms with Crippen molar-refractivity contribution < 1.29 is 9.59 Å². The van der Waals surface area contributed by atoms with Gasteiger partial charge in [-0.15, -0.1) is 5.10 Å². The molecular formula is C13H16N6O2. The molecule has 1 heterocycles. The molecule has 1 aromatic carbocycles. The fourth-order valence-corrected chi connectivity index (χ4v) is 1.70. The van der Waals surface area contributed by atoms with Gasteiger partial charge in [0, 0.05) is 11.7 Å². The van der Waals surface area contributed by atoms with Gasteiger partial charge in [0.25, 0.3) is 0 Å². The molecule has 0 unspecified atom stereocenters. The summed E-state index contributed by atoms with van der Waals surface area (Å²) >= 11 is 0. The number of aryl methyl sites for hydroxylation is 1. The largest absolute Gasteiger partial charge is 0.346 e. The Hall–Kier alpha value is -2.77. The molecule has 0 spiro atoms. The molecule has 2 rings (SSSR count). The SMILES string of the molecule is Cc1nnnn1-c1cccc(NC(=O)C(=O)NC(C)C)c1. The lowest BCUT2D eigenvalue weighted by atomic mass is 10.2. The van der Waals surface area contributed by atoms with Crippen LogP contribution in [0.5, 0.6) is 0 Å². The van der Waals surface area contributed by atoms with Gasteiger partial charge in [0.15, 0.2) is 5.82 Å². The molecule has 110 valence electrons. The van der Waals surface area contributed by atoms with Crippen LogP contribution in [0.4, 0.5) is 5.69 Å². The van der Waals surface area contributed by atoms with E-state index in [4.69, 9.17) is 0 Å². The van der Waals surface area contributed by atoms with E-state index in [9.17, 15) is 9.59 Å². The molecule has 21 heavy (non-hydrogen) atoms. The number of nitrogens with one attached hydrogen (secondary N) is 2. The van der Waals surface area contributed by atoms with Crippen LogP contribution in [-0.4, -0.2) is 38.1 Å². The number of hydrogen-bond acceptors (Lipinski definition) is 5. The summed E-state index contributed by atoms with van der Waals surface area (Å²) in [7, 11) is 0. The molecule has 2 aromatic rings. The van der Waals surface area contributed by atoms with Crippen molar-refractivity contribution in [2.24, 2.45) is 0 Å². The van der Waals surface area contributed by atoms with Crippen LogP contribution >= 0.6 is 0 Å². The highest BCUT2D eigenvalue weighted by Gasteiger charge is 2.14. The van der Waals surface area contributed by atoms with Gasteiger partial charge in [-0.2, -0.15) is 4.68 Å². The fraction of sp³-hybridized carbons (Fsp3) is 0.308. The minimum absolute atomic E-state index is 0.0987. The van der Waals surface area contributed by atoms with Crippen LogP contribution in [0.3, 0.4) is 0 Å². The maximum Gasteiger partial charge on any atom is 0.313 e. The van der Waals surface area contributed by atoms with Crippen molar-refractivity contribution in [3.63, 3.8) is 0 Å². The van der Waals surface area contributed by atoms with Gasteiger partial charge in [0.1, 0.15) is 0 Å². The van der Waals surface area contributed by atoms with E-state index in [1.807, 2.05) is 0 Å². The molecule has 0 fully saturated rings. The highest BCUT2D eigenvalue weighted by Crippen LogP contribution is 2.14. The summed E-state index contributed by atoms with van der Waals surface area (Å²) in [5.41, 5.74) is 1.19. The van der Waals surface area contributed by atoms with Crippen molar-refractivity contribution in [1.82, 2.24) is 25.5 Å². The third-order valence-corrected chi connectivity index (χ3v) is 2.60. The van der Waals surface area contributed by atoms with Crippen LogP contribution in [0.25, 0.3) is 5.69 Å². The second-order valence-electron chi connectivity index (χ2n) is 4.77. The van der Waals surface area contributed by atoms with Gasteiger partial charge in [0.05, 0.1) is 5.69 Å². The molecule has 0 aliphatic rings. The quantitative estimate of drug-likeness (QED) is 0.798. The second kappa shape index (κ2) is 6.12. The highest BCUT2D eigenvalue weighted by molar-refractivity contribution is 6.39. The third kappa shape index (κ3) is 3.62. The Morgan fingerprint density at radius 1 is 1.24 bits per heavy atom. The lowest BCUT2D eigenvalue weighted by molar-refractivity contribution is -0.136.